The highest BCUT2D eigenvalue weighted by Gasteiger charge is 2.32. The summed E-state index contributed by atoms with van der Waals surface area (Å²) in [5.41, 5.74) is 4.98. The lowest BCUT2D eigenvalue weighted by atomic mass is 9.82. The van der Waals surface area contributed by atoms with E-state index in [1.54, 1.807) is 24.5 Å². The minimum atomic E-state index is -4.55. The molecule has 1 aromatic carbocycles. The lowest BCUT2D eigenvalue weighted by molar-refractivity contribution is -0.137. The van der Waals surface area contributed by atoms with Crippen LogP contribution in [0.4, 0.5) is 13.2 Å². The van der Waals surface area contributed by atoms with Crippen LogP contribution in [0.2, 0.25) is 0 Å². The third-order valence-corrected chi connectivity index (χ3v) is 5.33. The molecule has 0 bridgehead atoms. The smallest absolute Gasteiger partial charge is 0.416 e. The van der Waals surface area contributed by atoms with Crippen LogP contribution in [0.1, 0.15) is 35.2 Å². The number of benzene rings is 1. The second-order valence-corrected chi connectivity index (χ2v) is 7.77. The normalized spacial score (nSPS) is 20.9. The molecule has 10 heteroatoms. The van der Waals surface area contributed by atoms with E-state index in [9.17, 15) is 22.8 Å². The van der Waals surface area contributed by atoms with Gasteiger partial charge in [-0.3, -0.25) is 14.6 Å². The van der Waals surface area contributed by atoms with Gasteiger partial charge in [0.05, 0.1) is 24.9 Å². The van der Waals surface area contributed by atoms with E-state index in [0.717, 1.165) is 24.6 Å². The van der Waals surface area contributed by atoms with Crippen LogP contribution in [0.25, 0.3) is 0 Å². The number of pyridine rings is 1. The molecule has 1 aliphatic carbocycles. The molecule has 0 radical (unpaired) electrons. The molecule has 0 saturated heterocycles. The van der Waals surface area contributed by atoms with Gasteiger partial charge in [-0.2, -0.15) is 13.2 Å². The van der Waals surface area contributed by atoms with Gasteiger partial charge in [0, 0.05) is 29.8 Å². The van der Waals surface area contributed by atoms with Gasteiger partial charge in [-0.25, -0.2) is 0 Å². The summed E-state index contributed by atoms with van der Waals surface area (Å²) in [6.45, 7) is -0.00521. The number of carbonyl (C=O) groups excluding carboxylic acids is 2. The molecular weight excluding hydrogens is 425 g/mol. The lowest BCUT2D eigenvalue weighted by Crippen LogP contribution is -2.50. The lowest BCUT2D eigenvalue weighted by Gasteiger charge is -2.35. The second kappa shape index (κ2) is 10.4. The monoisotopic (exact) mass is 450 g/mol. The Morgan fingerprint density at radius 2 is 2.00 bits per heavy atom. The Morgan fingerprint density at radius 1 is 1.19 bits per heavy atom. The zero-order valence-corrected chi connectivity index (χ0v) is 17.3. The van der Waals surface area contributed by atoms with Crippen LogP contribution in [-0.4, -0.2) is 42.0 Å². The number of nitrogens with one attached hydrogen (secondary N) is 2. The number of nitrogens with zero attached hydrogens (tertiary/aromatic N) is 1. The average Bonchev–Trinajstić information content (AvgIpc) is 2.78. The Labute approximate surface area is 183 Å². The number of rotatable bonds is 7. The molecular formula is C22H25F3N4O3. The summed E-state index contributed by atoms with van der Waals surface area (Å²) in [4.78, 5) is 28.6. The second-order valence-electron chi connectivity index (χ2n) is 7.77. The zero-order chi connectivity index (χ0) is 23.1. The van der Waals surface area contributed by atoms with Crippen LogP contribution in [0.15, 0.2) is 48.8 Å². The van der Waals surface area contributed by atoms with Gasteiger partial charge < -0.3 is 21.1 Å². The van der Waals surface area contributed by atoms with E-state index in [2.05, 4.69) is 15.6 Å². The van der Waals surface area contributed by atoms with Gasteiger partial charge in [0.25, 0.3) is 5.91 Å². The number of ether oxygens (including phenoxy) is 1. The van der Waals surface area contributed by atoms with Crippen LogP contribution in [0, 0.1) is 5.92 Å². The fourth-order valence-electron chi connectivity index (χ4n) is 3.67. The Kier molecular flexibility index (Phi) is 7.68. The van der Waals surface area contributed by atoms with Gasteiger partial charge in [0.1, 0.15) is 5.75 Å². The van der Waals surface area contributed by atoms with Crippen molar-refractivity contribution in [3.8, 4) is 5.75 Å². The number of halogens is 3. The number of amides is 2. The Morgan fingerprint density at radius 3 is 2.72 bits per heavy atom. The number of aromatic nitrogens is 1. The molecule has 1 aromatic heterocycles. The maximum atomic E-state index is 12.8. The molecule has 7 nitrogen and oxygen atoms in total. The predicted octanol–water partition coefficient (Wildman–Crippen LogP) is 2.52. The highest BCUT2D eigenvalue weighted by molar-refractivity contribution is 5.96. The minimum absolute atomic E-state index is 0.00580. The largest absolute Gasteiger partial charge is 0.492 e. The van der Waals surface area contributed by atoms with E-state index in [-0.39, 0.29) is 30.1 Å². The number of carbonyl (C=O) groups is 2. The Hall–Kier alpha value is -3.14. The van der Waals surface area contributed by atoms with Crippen molar-refractivity contribution in [2.24, 2.45) is 11.7 Å². The Balaban J connectivity index is 1.52. The zero-order valence-electron chi connectivity index (χ0n) is 17.3. The van der Waals surface area contributed by atoms with Gasteiger partial charge in [0.2, 0.25) is 5.91 Å². The van der Waals surface area contributed by atoms with Crippen molar-refractivity contribution in [2.75, 3.05) is 13.2 Å². The molecule has 2 aromatic rings. The predicted molar refractivity (Wildman–Crippen MR) is 111 cm³/mol. The molecule has 3 atom stereocenters. The van der Waals surface area contributed by atoms with Gasteiger partial charge >= 0.3 is 6.18 Å². The number of nitrogens with two attached hydrogens (primary N) is 1. The molecule has 0 spiro atoms. The molecule has 0 aliphatic heterocycles. The highest BCUT2D eigenvalue weighted by atomic mass is 19.4. The molecule has 3 rings (SSSR count). The van der Waals surface area contributed by atoms with Crippen LogP contribution >= 0.6 is 0 Å². The summed E-state index contributed by atoms with van der Waals surface area (Å²) in [7, 11) is 0. The van der Waals surface area contributed by atoms with Gasteiger partial charge in [0.15, 0.2) is 0 Å². The third-order valence-electron chi connectivity index (χ3n) is 5.33. The van der Waals surface area contributed by atoms with E-state index < -0.39 is 23.6 Å². The summed E-state index contributed by atoms with van der Waals surface area (Å²) in [6.07, 6.45) is 0.754. The average molecular weight is 450 g/mol. The number of hydrogen-bond acceptors (Lipinski definition) is 5. The van der Waals surface area contributed by atoms with Crippen molar-refractivity contribution < 1.29 is 27.5 Å². The van der Waals surface area contributed by atoms with E-state index in [4.69, 9.17) is 10.5 Å². The van der Waals surface area contributed by atoms with Crippen LogP contribution < -0.4 is 21.1 Å². The molecule has 4 N–H and O–H groups in total. The Bertz CT molecular complexity index is 924. The third kappa shape index (κ3) is 6.68. The summed E-state index contributed by atoms with van der Waals surface area (Å²) in [5, 5.41) is 5.25. The maximum Gasteiger partial charge on any atom is 0.416 e. The SMILES string of the molecule is N[C@@H]1CC[C@H](NC(=O)CNC(=O)c2cccc(C(F)(F)F)c2)[C@H](COc2cccnc2)C1. The van der Waals surface area contributed by atoms with Crippen molar-refractivity contribution >= 4 is 11.8 Å². The molecule has 2 amide bonds. The first kappa shape index (κ1) is 23.5. The summed E-state index contributed by atoms with van der Waals surface area (Å²) in [5.74, 6) is -0.599. The number of alkyl halides is 3. The van der Waals surface area contributed by atoms with E-state index in [0.29, 0.717) is 25.2 Å². The molecule has 172 valence electrons. The molecule has 0 unspecified atom stereocenters. The van der Waals surface area contributed by atoms with E-state index in [1.165, 1.54) is 6.07 Å². The molecule has 1 heterocycles. The topological polar surface area (TPSA) is 106 Å². The van der Waals surface area contributed by atoms with Crippen LogP contribution in [-0.2, 0) is 11.0 Å². The van der Waals surface area contributed by atoms with Crippen LogP contribution in [0.5, 0.6) is 5.75 Å². The van der Waals surface area contributed by atoms with Crippen molar-refractivity contribution in [1.29, 1.82) is 0 Å². The quantitative estimate of drug-likeness (QED) is 0.601. The van der Waals surface area contributed by atoms with E-state index >= 15 is 0 Å². The minimum Gasteiger partial charge on any atom is -0.492 e. The molecule has 1 aliphatic rings. The van der Waals surface area contributed by atoms with Gasteiger partial charge in [-0.05, 0) is 49.6 Å². The summed E-state index contributed by atoms with van der Waals surface area (Å²) in [6, 6.07) is 7.40. The van der Waals surface area contributed by atoms with Crippen molar-refractivity contribution in [3.05, 3.63) is 59.9 Å². The first-order valence-electron chi connectivity index (χ1n) is 10.3. The van der Waals surface area contributed by atoms with Crippen molar-refractivity contribution in [3.63, 3.8) is 0 Å². The standard InChI is InChI=1S/C22H25F3N4O3/c23-22(24,25)16-4-1-3-14(9-16)21(31)28-12-20(30)29-19-7-6-17(26)10-15(19)13-32-18-5-2-8-27-11-18/h1-5,8-9,11,15,17,19H,6-7,10,12-13,26H2,(H,28,31)(H,29,30)/t15-,17+,19-/m0/s1. The molecule has 32 heavy (non-hydrogen) atoms. The van der Waals surface area contributed by atoms with E-state index in [1.807, 2.05) is 0 Å². The maximum absolute atomic E-state index is 12.8. The van der Waals surface area contributed by atoms with Gasteiger partial charge in [-0.1, -0.05) is 6.07 Å². The fourth-order valence-corrected chi connectivity index (χ4v) is 3.67. The fraction of sp³-hybridized carbons (Fsp3) is 0.409. The molecule has 1 fully saturated rings. The molecule has 1 saturated carbocycles. The summed E-state index contributed by atoms with van der Waals surface area (Å²) >= 11 is 0. The van der Waals surface area contributed by atoms with Crippen molar-refractivity contribution in [1.82, 2.24) is 15.6 Å². The van der Waals surface area contributed by atoms with Crippen LogP contribution in [0.3, 0.4) is 0 Å². The first-order chi connectivity index (χ1) is 15.2. The van der Waals surface area contributed by atoms with Crippen molar-refractivity contribution in [2.45, 2.75) is 37.5 Å². The highest BCUT2D eigenvalue weighted by Crippen LogP contribution is 2.29. The first-order valence-corrected chi connectivity index (χ1v) is 10.3. The van der Waals surface area contributed by atoms with Gasteiger partial charge in [-0.15, -0.1) is 0 Å². The number of hydrogen-bond donors (Lipinski definition) is 3. The summed E-state index contributed by atoms with van der Waals surface area (Å²) < 4.78 is 44.2.